The van der Waals surface area contributed by atoms with Gasteiger partial charge in [0.25, 0.3) is 5.69 Å². The summed E-state index contributed by atoms with van der Waals surface area (Å²) in [7, 11) is 1.48. The maximum atomic E-state index is 11.1. The van der Waals surface area contributed by atoms with E-state index in [0.717, 1.165) is 0 Å². The highest BCUT2D eigenvalue weighted by Crippen LogP contribution is 2.33. The first-order valence-electron chi connectivity index (χ1n) is 6.26. The second-order valence-electron chi connectivity index (χ2n) is 4.22. The van der Waals surface area contributed by atoms with Gasteiger partial charge in [0.2, 0.25) is 5.88 Å². The van der Waals surface area contributed by atoms with E-state index in [2.05, 4.69) is 15.0 Å². The zero-order chi connectivity index (χ0) is 15.5. The largest absolute Gasteiger partial charge is 0.481 e. The summed E-state index contributed by atoms with van der Waals surface area (Å²) in [5, 5.41) is 11.6. The van der Waals surface area contributed by atoms with Gasteiger partial charge >= 0.3 is 6.01 Å². The van der Waals surface area contributed by atoms with Crippen molar-refractivity contribution < 1.29 is 14.4 Å². The van der Waals surface area contributed by atoms with E-state index in [4.69, 9.17) is 9.47 Å². The molecule has 3 aromatic rings. The lowest BCUT2D eigenvalue weighted by atomic mass is 10.2. The maximum Gasteiger partial charge on any atom is 0.325 e. The van der Waals surface area contributed by atoms with Crippen LogP contribution in [0.2, 0.25) is 0 Å². The minimum atomic E-state index is -0.485. The lowest BCUT2D eigenvalue weighted by molar-refractivity contribution is -0.383. The number of fused-ring (bicyclic) bond motifs is 1. The van der Waals surface area contributed by atoms with Crippen LogP contribution in [0, 0.1) is 10.1 Å². The van der Waals surface area contributed by atoms with Gasteiger partial charge in [-0.1, -0.05) is 0 Å². The van der Waals surface area contributed by atoms with Crippen molar-refractivity contribution in [2.45, 2.75) is 0 Å². The minimum Gasteiger partial charge on any atom is -0.481 e. The lowest BCUT2D eigenvalue weighted by Crippen LogP contribution is -1.97. The van der Waals surface area contributed by atoms with Crippen LogP contribution in [-0.4, -0.2) is 27.0 Å². The summed E-state index contributed by atoms with van der Waals surface area (Å²) in [6.45, 7) is 0. The predicted octanol–water partition coefficient (Wildman–Crippen LogP) is 2.73. The molecule has 110 valence electrons. The Balaban J connectivity index is 2.08. The van der Waals surface area contributed by atoms with Crippen molar-refractivity contribution in [2.75, 3.05) is 7.11 Å². The van der Waals surface area contributed by atoms with Gasteiger partial charge in [-0.25, -0.2) is 9.97 Å². The van der Waals surface area contributed by atoms with Gasteiger partial charge < -0.3 is 9.47 Å². The molecule has 0 unspecified atom stereocenters. The topological polar surface area (TPSA) is 100 Å². The molecule has 0 aliphatic carbocycles. The molecule has 0 saturated carbocycles. The summed E-state index contributed by atoms with van der Waals surface area (Å²) >= 11 is 0. The first-order chi connectivity index (χ1) is 10.7. The van der Waals surface area contributed by atoms with E-state index in [-0.39, 0.29) is 17.2 Å². The Bertz CT molecular complexity index is 853. The number of hydrogen-bond donors (Lipinski definition) is 0. The van der Waals surface area contributed by atoms with Gasteiger partial charge in [0, 0.05) is 24.5 Å². The van der Waals surface area contributed by atoms with E-state index in [1.165, 1.54) is 31.6 Å². The Labute approximate surface area is 124 Å². The zero-order valence-electron chi connectivity index (χ0n) is 11.5. The van der Waals surface area contributed by atoms with Crippen LogP contribution in [0.3, 0.4) is 0 Å². The number of aromatic nitrogens is 3. The van der Waals surface area contributed by atoms with E-state index in [9.17, 15) is 10.1 Å². The third kappa shape index (κ3) is 2.49. The van der Waals surface area contributed by atoms with Crippen molar-refractivity contribution >= 4 is 16.6 Å². The van der Waals surface area contributed by atoms with Gasteiger partial charge in [-0.15, -0.1) is 0 Å². The van der Waals surface area contributed by atoms with Crippen molar-refractivity contribution in [3.05, 3.63) is 52.8 Å². The van der Waals surface area contributed by atoms with Crippen LogP contribution in [0.5, 0.6) is 17.6 Å². The van der Waals surface area contributed by atoms with Crippen LogP contribution < -0.4 is 9.47 Å². The lowest BCUT2D eigenvalue weighted by Gasteiger charge is -2.07. The molecule has 0 bridgehead atoms. The number of methoxy groups -OCH3 is 1. The molecule has 1 aromatic carbocycles. The smallest absolute Gasteiger partial charge is 0.325 e. The summed E-state index contributed by atoms with van der Waals surface area (Å²) in [6, 6.07) is 7.85. The fourth-order valence-electron chi connectivity index (χ4n) is 1.95. The van der Waals surface area contributed by atoms with Gasteiger partial charge in [0.05, 0.1) is 17.4 Å². The molecular formula is C14H10N4O4. The van der Waals surface area contributed by atoms with Gasteiger partial charge in [-0.3, -0.25) is 10.1 Å². The molecule has 0 fully saturated rings. The molecule has 0 amide bonds. The SMILES string of the molecule is COc1ccnc(Oc2ccc([N+](=O)[O-])c3ncccc23)n1. The zero-order valence-corrected chi connectivity index (χ0v) is 11.5. The number of rotatable bonds is 4. The number of pyridine rings is 1. The molecule has 0 aliphatic rings. The highest BCUT2D eigenvalue weighted by Gasteiger charge is 2.17. The Kier molecular flexibility index (Phi) is 3.48. The molecule has 0 radical (unpaired) electrons. The monoisotopic (exact) mass is 298 g/mol. The summed E-state index contributed by atoms with van der Waals surface area (Å²) < 4.78 is 10.6. The van der Waals surface area contributed by atoms with E-state index >= 15 is 0 Å². The number of ether oxygens (including phenoxy) is 2. The normalized spacial score (nSPS) is 10.4. The Morgan fingerprint density at radius 1 is 1.14 bits per heavy atom. The van der Waals surface area contributed by atoms with Gasteiger partial charge in [0.1, 0.15) is 5.75 Å². The number of nitrogens with zero attached hydrogens (tertiary/aromatic N) is 4. The van der Waals surface area contributed by atoms with Crippen LogP contribution in [0.15, 0.2) is 42.7 Å². The molecular weight excluding hydrogens is 288 g/mol. The Morgan fingerprint density at radius 2 is 2.00 bits per heavy atom. The van der Waals surface area contributed by atoms with Crippen molar-refractivity contribution in [3.8, 4) is 17.6 Å². The number of benzene rings is 1. The van der Waals surface area contributed by atoms with Gasteiger partial charge in [-0.2, -0.15) is 4.98 Å². The van der Waals surface area contributed by atoms with E-state index in [1.54, 1.807) is 18.2 Å². The molecule has 0 saturated heterocycles. The summed E-state index contributed by atoms with van der Waals surface area (Å²) in [5.41, 5.74) is 0.155. The maximum absolute atomic E-state index is 11.1. The second-order valence-corrected chi connectivity index (χ2v) is 4.22. The van der Waals surface area contributed by atoms with Crippen LogP contribution in [0.1, 0.15) is 0 Å². The fourth-order valence-corrected chi connectivity index (χ4v) is 1.95. The van der Waals surface area contributed by atoms with Crippen molar-refractivity contribution in [2.24, 2.45) is 0 Å². The first-order valence-corrected chi connectivity index (χ1v) is 6.26. The van der Waals surface area contributed by atoms with Crippen LogP contribution in [-0.2, 0) is 0 Å². The standard InChI is InChI=1S/C14H10N4O4/c1-21-12-6-8-16-14(17-12)22-11-5-4-10(18(19)20)13-9(11)3-2-7-15-13/h2-8H,1H3. The average molecular weight is 298 g/mol. The van der Waals surface area contributed by atoms with Crippen LogP contribution >= 0.6 is 0 Å². The highest BCUT2D eigenvalue weighted by atomic mass is 16.6. The third-order valence-electron chi connectivity index (χ3n) is 2.92. The Morgan fingerprint density at radius 3 is 2.77 bits per heavy atom. The minimum absolute atomic E-state index is 0.0818. The van der Waals surface area contributed by atoms with Crippen molar-refractivity contribution in [3.63, 3.8) is 0 Å². The molecule has 8 nitrogen and oxygen atoms in total. The van der Waals surface area contributed by atoms with E-state index in [1.807, 2.05) is 0 Å². The third-order valence-corrected chi connectivity index (χ3v) is 2.92. The van der Waals surface area contributed by atoms with E-state index in [0.29, 0.717) is 17.0 Å². The summed E-state index contributed by atoms with van der Waals surface area (Å²) in [5.74, 6) is 0.733. The predicted molar refractivity (Wildman–Crippen MR) is 77.1 cm³/mol. The summed E-state index contributed by atoms with van der Waals surface area (Å²) in [6.07, 6.45) is 2.98. The highest BCUT2D eigenvalue weighted by molar-refractivity contribution is 5.92. The van der Waals surface area contributed by atoms with Crippen LogP contribution in [0.25, 0.3) is 10.9 Å². The first kappa shape index (κ1) is 13.7. The van der Waals surface area contributed by atoms with Crippen molar-refractivity contribution in [1.82, 2.24) is 15.0 Å². The molecule has 0 N–H and O–H groups in total. The molecule has 0 spiro atoms. The molecule has 0 aliphatic heterocycles. The molecule has 22 heavy (non-hydrogen) atoms. The molecule has 2 aromatic heterocycles. The number of non-ortho nitro benzene ring substituents is 1. The Hall–Kier alpha value is -3.29. The van der Waals surface area contributed by atoms with Gasteiger partial charge in [0.15, 0.2) is 5.52 Å². The van der Waals surface area contributed by atoms with Crippen molar-refractivity contribution in [1.29, 1.82) is 0 Å². The molecule has 2 heterocycles. The quantitative estimate of drug-likeness (QED) is 0.539. The molecule has 3 rings (SSSR count). The average Bonchev–Trinajstić information content (AvgIpc) is 2.55. The number of nitro benzene ring substituents is 1. The molecule has 0 atom stereocenters. The fraction of sp³-hybridized carbons (Fsp3) is 0.0714. The van der Waals surface area contributed by atoms with E-state index < -0.39 is 4.92 Å². The summed E-state index contributed by atoms with van der Waals surface area (Å²) in [4.78, 5) is 22.6. The number of nitro groups is 1. The van der Waals surface area contributed by atoms with Crippen LogP contribution in [0.4, 0.5) is 5.69 Å². The second kappa shape index (κ2) is 5.60. The molecule has 8 heteroatoms. The number of hydrogen-bond acceptors (Lipinski definition) is 7. The van der Waals surface area contributed by atoms with Gasteiger partial charge in [-0.05, 0) is 18.2 Å².